The summed E-state index contributed by atoms with van der Waals surface area (Å²) in [4.78, 5) is 4.39. The van der Waals surface area contributed by atoms with Gasteiger partial charge in [-0.15, -0.1) is 0 Å². The fourth-order valence-electron chi connectivity index (χ4n) is 2.24. The molecule has 0 radical (unpaired) electrons. The third kappa shape index (κ3) is 6.12. The smallest absolute Gasteiger partial charge is 0.236 e. The Kier molecular flexibility index (Phi) is 6.17. The van der Waals surface area contributed by atoms with Gasteiger partial charge in [-0.25, -0.2) is 8.42 Å². The number of azide groups is 1. The van der Waals surface area contributed by atoms with E-state index in [0.717, 1.165) is 11.1 Å². The van der Waals surface area contributed by atoms with Crippen molar-refractivity contribution in [1.29, 1.82) is 0 Å². The Bertz CT molecular complexity index is 716. The van der Waals surface area contributed by atoms with E-state index in [2.05, 4.69) is 9.43 Å². The summed E-state index contributed by atoms with van der Waals surface area (Å²) < 4.78 is 26.1. The molecule has 0 aromatic heterocycles. The molecule has 0 saturated heterocycles. The van der Waals surface area contributed by atoms with Gasteiger partial charge in [0, 0.05) is 29.1 Å². The van der Waals surface area contributed by atoms with Crippen LogP contribution in [0.1, 0.15) is 11.1 Å². The molecule has 0 N–H and O–H groups in total. The van der Waals surface area contributed by atoms with Crippen molar-refractivity contribution in [3.05, 3.63) is 82.2 Å². The first-order valence-electron chi connectivity index (χ1n) is 7.18. The molecule has 0 aliphatic rings. The number of benzene rings is 2. The van der Waals surface area contributed by atoms with Crippen LogP contribution in [0.4, 0.5) is 0 Å². The number of nitrogens with zero attached hydrogens (tertiary/aromatic N) is 4. The average molecular weight is 330 g/mol. The van der Waals surface area contributed by atoms with Gasteiger partial charge in [0.25, 0.3) is 0 Å². The third-order valence-electron chi connectivity index (χ3n) is 3.32. The first-order valence-corrected chi connectivity index (χ1v) is 8.79. The lowest BCUT2D eigenvalue weighted by molar-refractivity contribution is 0.272. The molecule has 120 valence electrons. The molecule has 0 amide bonds. The molecule has 2 aromatic rings. The van der Waals surface area contributed by atoms with Crippen molar-refractivity contribution < 1.29 is 8.42 Å². The minimum atomic E-state index is -3.74. The highest BCUT2D eigenvalue weighted by molar-refractivity contribution is 7.90. The number of sulfonamides is 1. The van der Waals surface area contributed by atoms with Crippen molar-refractivity contribution in [3.63, 3.8) is 0 Å². The van der Waals surface area contributed by atoms with Crippen LogP contribution in [0, 0.1) is 0 Å². The third-order valence-corrected chi connectivity index (χ3v) is 4.34. The van der Waals surface area contributed by atoms with Gasteiger partial charge in [-0.1, -0.05) is 60.7 Å². The lowest BCUT2D eigenvalue weighted by Gasteiger charge is -2.22. The highest BCUT2D eigenvalue weighted by atomic mass is 32.2. The maximum atomic E-state index is 11.6. The van der Waals surface area contributed by atoms with Crippen LogP contribution in [0.15, 0.2) is 65.2 Å². The van der Waals surface area contributed by atoms with Crippen LogP contribution in [-0.4, -0.2) is 25.6 Å². The predicted octanol–water partition coefficient (Wildman–Crippen LogP) is 3.33. The molecule has 23 heavy (non-hydrogen) atoms. The molecule has 0 atom stereocenters. The molecule has 0 fully saturated rings. The van der Waals surface area contributed by atoms with Gasteiger partial charge in [0.1, 0.15) is 0 Å². The highest BCUT2D eigenvalue weighted by Gasteiger charge is 2.13. The van der Waals surface area contributed by atoms with Gasteiger partial charge in [0.05, 0.1) is 5.75 Å². The summed E-state index contributed by atoms with van der Waals surface area (Å²) in [6.07, 6.45) is 0. The SMILES string of the molecule is [N-]=[N+]=NS(=O)(=O)CCN(Cc1ccccc1)Cc1ccccc1. The van der Waals surface area contributed by atoms with Crippen molar-refractivity contribution in [2.24, 2.45) is 4.52 Å². The van der Waals surface area contributed by atoms with Gasteiger partial charge in [-0.3, -0.25) is 4.90 Å². The quantitative estimate of drug-likeness (QED) is 0.422. The predicted molar refractivity (Wildman–Crippen MR) is 89.9 cm³/mol. The zero-order chi connectivity index (χ0) is 16.5. The molecule has 0 spiro atoms. The maximum absolute atomic E-state index is 11.6. The molecular formula is C16H18N4O2S. The summed E-state index contributed by atoms with van der Waals surface area (Å²) in [7, 11) is -3.74. The van der Waals surface area contributed by atoms with E-state index < -0.39 is 10.0 Å². The standard InChI is InChI=1S/C16H18N4O2S/c17-18-19-23(21,22)12-11-20(13-15-7-3-1-4-8-15)14-16-9-5-2-6-10-16/h1-10H,11-14H2. The largest absolute Gasteiger partial charge is 0.294 e. The van der Waals surface area contributed by atoms with Gasteiger partial charge < -0.3 is 0 Å². The summed E-state index contributed by atoms with van der Waals surface area (Å²) in [5, 5.41) is 0. The Morgan fingerprint density at radius 1 is 0.913 bits per heavy atom. The van der Waals surface area contributed by atoms with Crippen LogP contribution in [-0.2, 0) is 23.1 Å². The highest BCUT2D eigenvalue weighted by Crippen LogP contribution is 2.10. The average Bonchev–Trinajstić information content (AvgIpc) is 2.55. The normalized spacial score (nSPS) is 11.2. The Labute approximate surface area is 136 Å². The van der Waals surface area contributed by atoms with Crippen LogP contribution in [0.5, 0.6) is 0 Å². The second kappa shape index (κ2) is 8.33. The van der Waals surface area contributed by atoms with E-state index in [4.69, 9.17) is 5.53 Å². The minimum absolute atomic E-state index is 0.198. The first kappa shape index (κ1) is 17.0. The van der Waals surface area contributed by atoms with Gasteiger partial charge >= 0.3 is 0 Å². The molecular weight excluding hydrogens is 312 g/mol. The molecule has 0 aliphatic heterocycles. The molecule has 0 bridgehead atoms. The van der Waals surface area contributed by atoms with E-state index in [-0.39, 0.29) is 5.75 Å². The number of hydrogen-bond donors (Lipinski definition) is 0. The summed E-state index contributed by atoms with van der Waals surface area (Å²) in [5.74, 6) is -0.198. The first-order chi connectivity index (χ1) is 11.1. The number of hydrogen-bond acceptors (Lipinski definition) is 3. The summed E-state index contributed by atoms with van der Waals surface area (Å²) in [5.41, 5.74) is 10.5. The minimum Gasteiger partial charge on any atom is -0.294 e. The van der Waals surface area contributed by atoms with Gasteiger partial charge in [0.15, 0.2) is 0 Å². The summed E-state index contributed by atoms with van der Waals surface area (Å²) >= 11 is 0. The van der Waals surface area contributed by atoms with E-state index in [1.807, 2.05) is 65.6 Å². The van der Waals surface area contributed by atoms with Gasteiger partial charge in [-0.2, -0.15) is 0 Å². The lowest BCUT2D eigenvalue weighted by atomic mass is 10.1. The van der Waals surface area contributed by atoms with E-state index in [9.17, 15) is 8.42 Å². The zero-order valence-electron chi connectivity index (χ0n) is 12.6. The molecule has 6 nitrogen and oxygen atoms in total. The van der Waals surface area contributed by atoms with Gasteiger partial charge in [-0.05, 0) is 16.7 Å². The Hall–Kier alpha value is -2.34. The van der Waals surface area contributed by atoms with E-state index in [1.165, 1.54) is 0 Å². The lowest BCUT2D eigenvalue weighted by Crippen LogP contribution is -2.28. The van der Waals surface area contributed by atoms with E-state index >= 15 is 0 Å². The summed E-state index contributed by atoms with van der Waals surface area (Å²) in [6, 6.07) is 19.7. The topological polar surface area (TPSA) is 86.1 Å². The van der Waals surface area contributed by atoms with E-state index in [1.54, 1.807) is 0 Å². The Balaban J connectivity index is 2.09. The molecule has 2 rings (SSSR count). The van der Waals surface area contributed by atoms with Crippen molar-refractivity contribution in [2.45, 2.75) is 13.1 Å². The van der Waals surface area contributed by atoms with Crippen LogP contribution in [0.2, 0.25) is 0 Å². The molecule has 7 heteroatoms. The Morgan fingerprint density at radius 2 is 1.39 bits per heavy atom. The van der Waals surface area contributed by atoms with Crippen LogP contribution in [0.25, 0.3) is 10.4 Å². The second-order valence-corrected chi connectivity index (χ2v) is 6.87. The van der Waals surface area contributed by atoms with Crippen molar-refractivity contribution in [1.82, 2.24) is 4.90 Å². The monoisotopic (exact) mass is 330 g/mol. The Morgan fingerprint density at radius 3 is 1.83 bits per heavy atom. The van der Waals surface area contributed by atoms with Crippen LogP contribution >= 0.6 is 0 Å². The molecule has 2 aromatic carbocycles. The van der Waals surface area contributed by atoms with Crippen molar-refractivity contribution in [3.8, 4) is 0 Å². The molecule has 0 aliphatic carbocycles. The second-order valence-electron chi connectivity index (χ2n) is 5.14. The van der Waals surface area contributed by atoms with Crippen molar-refractivity contribution in [2.75, 3.05) is 12.3 Å². The molecule has 0 unspecified atom stereocenters. The van der Waals surface area contributed by atoms with Crippen LogP contribution in [0.3, 0.4) is 0 Å². The van der Waals surface area contributed by atoms with E-state index in [0.29, 0.717) is 19.6 Å². The van der Waals surface area contributed by atoms with Gasteiger partial charge in [0.2, 0.25) is 10.0 Å². The molecule has 0 saturated carbocycles. The zero-order valence-corrected chi connectivity index (χ0v) is 13.4. The fourth-order valence-corrected chi connectivity index (χ4v) is 2.92. The van der Waals surface area contributed by atoms with Crippen LogP contribution < -0.4 is 0 Å². The number of rotatable bonds is 8. The fraction of sp³-hybridized carbons (Fsp3) is 0.250. The molecule has 0 heterocycles. The van der Waals surface area contributed by atoms with Crippen molar-refractivity contribution >= 4 is 10.0 Å². The summed E-state index contributed by atoms with van der Waals surface area (Å²) in [6.45, 7) is 1.55. The maximum Gasteiger partial charge on any atom is 0.236 e.